The molecule has 0 radical (unpaired) electrons. The predicted octanol–water partition coefficient (Wildman–Crippen LogP) is 5.00. The van der Waals surface area contributed by atoms with Crippen molar-refractivity contribution < 1.29 is 0 Å². The highest BCUT2D eigenvalue weighted by atomic mass is 32.1. The molecule has 1 heterocycles. The minimum absolute atomic E-state index is 0.865. The highest BCUT2D eigenvalue weighted by Crippen LogP contribution is 2.38. The molecule has 0 aliphatic heterocycles. The van der Waals surface area contributed by atoms with E-state index in [-0.39, 0.29) is 0 Å². The van der Waals surface area contributed by atoms with Gasteiger partial charge < -0.3 is 4.90 Å². The molecule has 0 fully saturated rings. The van der Waals surface area contributed by atoms with E-state index in [1.54, 1.807) is 11.3 Å². The molecule has 106 valence electrons. The summed E-state index contributed by atoms with van der Waals surface area (Å²) in [4.78, 5) is 2.13. The van der Waals surface area contributed by atoms with Gasteiger partial charge in [0.25, 0.3) is 0 Å². The number of thiazole rings is 1. The summed E-state index contributed by atoms with van der Waals surface area (Å²) in [5.74, 6) is 0. The SMILES string of the molecule is CN(C)c1sc(=S)n(-c2ccccc2)c1-c1ccccc1. The largest absolute Gasteiger partial charge is 0.368 e. The van der Waals surface area contributed by atoms with Crippen molar-refractivity contribution >= 4 is 28.6 Å². The van der Waals surface area contributed by atoms with Gasteiger partial charge in [0.05, 0.1) is 5.69 Å². The van der Waals surface area contributed by atoms with E-state index in [0.29, 0.717) is 0 Å². The Balaban J connectivity index is 2.33. The lowest BCUT2D eigenvalue weighted by molar-refractivity contribution is 1.06. The zero-order valence-corrected chi connectivity index (χ0v) is 13.6. The van der Waals surface area contributed by atoms with Crippen molar-refractivity contribution in [1.82, 2.24) is 4.57 Å². The van der Waals surface area contributed by atoms with Gasteiger partial charge in [-0.05, 0) is 24.4 Å². The van der Waals surface area contributed by atoms with Crippen molar-refractivity contribution in [3.05, 3.63) is 64.6 Å². The van der Waals surface area contributed by atoms with Crippen LogP contribution in [0.3, 0.4) is 0 Å². The molecule has 0 spiro atoms. The molecule has 4 heteroatoms. The molecule has 0 amide bonds. The molecule has 0 atom stereocenters. The summed E-state index contributed by atoms with van der Waals surface area (Å²) >= 11 is 7.26. The Morgan fingerprint density at radius 3 is 2.05 bits per heavy atom. The minimum atomic E-state index is 0.865. The van der Waals surface area contributed by atoms with Gasteiger partial charge in [-0.2, -0.15) is 0 Å². The van der Waals surface area contributed by atoms with Crippen LogP contribution in [0.15, 0.2) is 60.7 Å². The van der Waals surface area contributed by atoms with Crippen LogP contribution < -0.4 is 4.90 Å². The maximum Gasteiger partial charge on any atom is 0.168 e. The predicted molar refractivity (Wildman–Crippen MR) is 94.2 cm³/mol. The average molecular weight is 312 g/mol. The number of benzene rings is 2. The van der Waals surface area contributed by atoms with E-state index in [1.807, 2.05) is 24.3 Å². The fraction of sp³-hybridized carbons (Fsp3) is 0.118. The lowest BCUT2D eigenvalue weighted by Crippen LogP contribution is -2.09. The molecule has 0 unspecified atom stereocenters. The summed E-state index contributed by atoms with van der Waals surface area (Å²) in [6.45, 7) is 0. The van der Waals surface area contributed by atoms with Crippen LogP contribution in [0, 0.1) is 3.95 Å². The van der Waals surface area contributed by atoms with E-state index in [9.17, 15) is 0 Å². The Hall–Kier alpha value is -1.91. The molecule has 3 aromatic rings. The molecule has 2 aromatic carbocycles. The van der Waals surface area contributed by atoms with Crippen molar-refractivity contribution in [1.29, 1.82) is 0 Å². The fourth-order valence-corrected chi connectivity index (χ4v) is 3.70. The van der Waals surface area contributed by atoms with Crippen molar-refractivity contribution in [3.63, 3.8) is 0 Å². The highest BCUT2D eigenvalue weighted by Gasteiger charge is 2.17. The topological polar surface area (TPSA) is 8.17 Å². The zero-order chi connectivity index (χ0) is 14.8. The lowest BCUT2D eigenvalue weighted by atomic mass is 10.1. The van der Waals surface area contributed by atoms with Gasteiger partial charge in [0.2, 0.25) is 0 Å². The maximum absolute atomic E-state index is 5.62. The molecule has 2 nitrogen and oxygen atoms in total. The first-order valence-corrected chi connectivity index (χ1v) is 7.95. The van der Waals surface area contributed by atoms with E-state index in [0.717, 1.165) is 15.3 Å². The van der Waals surface area contributed by atoms with Crippen LogP contribution in [0.25, 0.3) is 16.9 Å². The third-order valence-electron chi connectivity index (χ3n) is 3.26. The van der Waals surface area contributed by atoms with E-state index in [1.165, 1.54) is 10.6 Å². The number of hydrogen-bond acceptors (Lipinski definition) is 3. The van der Waals surface area contributed by atoms with Gasteiger partial charge in [0, 0.05) is 25.3 Å². The van der Waals surface area contributed by atoms with Crippen molar-refractivity contribution in [2.75, 3.05) is 19.0 Å². The number of nitrogens with zero attached hydrogens (tertiary/aromatic N) is 2. The quantitative estimate of drug-likeness (QED) is 0.629. The van der Waals surface area contributed by atoms with Crippen LogP contribution in [0.1, 0.15) is 0 Å². The van der Waals surface area contributed by atoms with Gasteiger partial charge in [0.1, 0.15) is 5.00 Å². The molecule has 1 aromatic heterocycles. The number of para-hydroxylation sites is 1. The molecule has 3 rings (SSSR count). The number of aromatic nitrogens is 1. The molecule has 21 heavy (non-hydrogen) atoms. The Morgan fingerprint density at radius 1 is 0.905 bits per heavy atom. The van der Waals surface area contributed by atoms with Crippen molar-refractivity contribution in [3.8, 4) is 16.9 Å². The van der Waals surface area contributed by atoms with Crippen LogP contribution in [0.2, 0.25) is 0 Å². The maximum atomic E-state index is 5.62. The summed E-state index contributed by atoms with van der Waals surface area (Å²) in [7, 11) is 4.12. The Kier molecular flexibility index (Phi) is 3.90. The molecule has 0 aliphatic carbocycles. The van der Waals surface area contributed by atoms with Crippen molar-refractivity contribution in [2.24, 2.45) is 0 Å². The molecule has 0 aliphatic rings. The summed E-state index contributed by atoms with van der Waals surface area (Å²) in [5.41, 5.74) is 3.44. The molecular formula is C17H16N2S2. The van der Waals surface area contributed by atoms with E-state index in [4.69, 9.17) is 12.2 Å². The number of rotatable bonds is 3. The van der Waals surface area contributed by atoms with Crippen LogP contribution in [0.5, 0.6) is 0 Å². The molecule has 0 N–H and O–H groups in total. The molecule has 0 bridgehead atoms. The number of anilines is 1. The highest BCUT2D eigenvalue weighted by molar-refractivity contribution is 7.73. The van der Waals surface area contributed by atoms with E-state index >= 15 is 0 Å². The van der Waals surface area contributed by atoms with Crippen LogP contribution in [0.4, 0.5) is 5.00 Å². The first-order valence-electron chi connectivity index (χ1n) is 6.72. The monoisotopic (exact) mass is 312 g/mol. The first kappa shape index (κ1) is 14.0. The summed E-state index contributed by atoms with van der Waals surface area (Å²) in [6, 6.07) is 20.7. The normalized spacial score (nSPS) is 10.6. The van der Waals surface area contributed by atoms with E-state index < -0.39 is 0 Å². The second kappa shape index (κ2) is 5.84. The van der Waals surface area contributed by atoms with Crippen LogP contribution in [-0.2, 0) is 0 Å². The summed E-state index contributed by atoms with van der Waals surface area (Å²) in [5, 5.41) is 1.18. The smallest absolute Gasteiger partial charge is 0.168 e. The van der Waals surface area contributed by atoms with Crippen molar-refractivity contribution in [2.45, 2.75) is 0 Å². The molecule has 0 saturated heterocycles. The van der Waals surface area contributed by atoms with Gasteiger partial charge in [-0.25, -0.2) is 0 Å². The standard InChI is InChI=1S/C17H16N2S2/c1-18(2)16-15(13-9-5-3-6-10-13)19(17(20)21-16)14-11-7-4-8-12-14/h3-12H,1-2H3. The minimum Gasteiger partial charge on any atom is -0.368 e. The summed E-state index contributed by atoms with van der Waals surface area (Å²) in [6.07, 6.45) is 0. The zero-order valence-electron chi connectivity index (χ0n) is 12.0. The first-order chi connectivity index (χ1) is 10.2. The van der Waals surface area contributed by atoms with Gasteiger partial charge in [-0.3, -0.25) is 4.57 Å². The average Bonchev–Trinajstić information content (AvgIpc) is 2.87. The third-order valence-corrected chi connectivity index (χ3v) is 4.80. The second-order valence-corrected chi connectivity index (χ2v) is 6.58. The van der Waals surface area contributed by atoms with Gasteiger partial charge in [-0.15, -0.1) is 0 Å². The van der Waals surface area contributed by atoms with Gasteiger partial charge in [0.15, 0.2) is 3.95 Å². The van der Waals surface area contributed by atoms with Crippen LogP contribution in [-0.4, -0.2) is 18.7 Å². The van der Waals surface area contributed by atoms with Gasteiger partial charge >= 0.3 is 0 Å². The second-order valence-electron chi connectivity index (χ2n) is 4.95. The lowest BCUT2D eigenvalue weighted by Gasteiger charge is -2.15. The number of hydrogen-bond donors (Lipinski definition) is 0. The third kappa shape index (κ3) is 2.64. The fourth-order valence-electron chi connectivity index (χ4n) is 2.33. The Bertz CT molecular complexity index is 787. The van der Waals surface area contributed by atoms with E-state index in [2.05, 4.69) is 60.0 Å². The molecule has 0 saturated carbocycles. The summed E-state index contributed by atoms with van der Waals surface area (Å²) < 4.78 is 3.02. The molecular weight excluding hydrogens is 296 g/mol. The van der Waals surface area contributed by atoms with Crippen LogP contribution >= 0.6 is 23.6 Å². The Labute approximate surface area is 133 Å². The Morgan fingerprint density at radius 2 is 1.48 bits per heavy atom. The van der Waals surface area contributed by atoms with Gasteiger partial charge in [-0.1, -0.05) is 59.9 Å².